The molecule has 2 rings (SSSR count). The molecule has 0 radical (unpaired) electrons. The van der Waals surface area contributed by atoms with Crippen LogP contribution in [-0.4, -0.2) is 31.5 Å². The number of hydrogen-bond acceptors (Lipinski definition) is 2. The summed E-state index contributed by atoms with van der Waals surface area (Å²) in [6.07, 6.45) is 3.00. The second-order valence-electron chi connectivity index (χ2n) is 4.16. The van der Waals surface area contributed by atoms with Gasteiger partial charge in [-0.1, -0.05) is 18.2 Å². The van der Waals surface area contributed by atoms with Crippen molar-refractivity contribution in [3.63, 3.8) is 0 Å². The average Bonchev–Trinajstić information content (AvgIpc) is 2.39. The molecule has 1 aromatic rings. The van der Waals surface area contributed by atoms with Gasteiger partial charge in [-0.25, -0.2) is 0 Å². The van der Waals surface area contributed by atoms with Crippen LogP contribution in [0, 0.1) is 0 Å². The molecule has 1 aliphatic heterocycles. The van der Waals surface area contributed by atoms with Gasteiger partial charge in [0.05, 0.1) is 7.11 Å². The highest BCUT2D eigenvalue weighted by Crippen LogP contribution is 2.33. The van der Waals surface area contributed by atoms with E-state index in [9.17, 15) is 4.79 Å². The van der Waals surface area contributed by atoms with Crippen LogP contribution in [0.5, 0.6) is 5.75 Å². The normalized spacial score (nSPS) is 17.2. The highest BCUT2D eigenvalue weighted by atomic mass is 16.5. The molecule has 86 valence electrons. The van der Waals surface area contributed by atoms with Crippen LogP contribution < -0.4 is 4.74 Å². The third-order valence-electron chi connectivity index (χ3n) is 3.26. The van der Waals surface area contributed by atoms with E-state index in [-0.39, 0.29) is 0 Å². The number of carbonyl (C=O) groups is 1. The van der Waals surface area contributed by atoms with Crippen molar-refractivity contribution in [1.29, 1.82) is 0 Å². The van der Waals surface area contributed by atoms with Crippen LogP contribution >= 0.6 is 0 Å². The Bertz CT molecular complexity index is 357. The number of piperidine rings is 1. The number of carbonyl (C=O) groups excluding carboxylic acids is 1. The summed E-state index contributed by atoms with van der Waals surface area (Å²) in [7, 11) is 1.71. The summed E-state index contributed by atoms with van der Waals surface area (Å²) in [5.74, 6) is 1.49. The molecule has 1 fully saturated rings. The van der Waals surface area contributed by atoms with E-state index in [4.69, 9.17) is 4.74 Å². The molecule has 3 nitrogen and oxygen atoms in total. The Morgan fingerprint density at radius 1 is 1.31 bits per heavy atom. The first-order valence-electron chi connectivity index (χ1n) is 5.67. The van der Waals surface area contributed by atoms with Crippen LogP contribution in [0.3, 0.4) is 0 Å². The van der Waals surface area contributed by atoms with E-state index in [2.05, 4.69) is 6.07 Å². The number of amides is 1. The Morgan fingerprint density at radius 2 is 2.00 bits per heavy atom. The zero-order valence-electron chi connectivity index (χ0n) is 9.56. The van der Waals surface area contributed by atoms with Gasteiger partial charge >= 0.3 is 0 Å². The molecule has 1 amide bonds. The number of para-hydroxylation sites is 1. The van der Waals surface area contributed by atoms with Crippen LogP contribution in [0.1, 0.15) is 24.3 Å². The molecule has 0 aromatic heterocycles. The van der Waals surface area contributed by atoms with Crippen molar-refractivity contribution in [2.24, 2.45) is 0 Å². The zero-order valence-corrected chi connectivity index (χ0v) is 9.56. The van der Waals surface area contributed by atoms with Gasteiger partial charge in [-0.05, 0) is 30.4 Å². The molecule has 1 aromatic carbocycles. The molecule has 1 heterocycles. The topological polar surface area (TPSA) is 29.5 Å². The summed E-state index contributed by atoms with van der Waals surface area (Å²) in [6.45, 7) is 1.71. The number of likely N-dealkylation sites (tertiary alicyclic amines) is 1. The predicted octanol–water partition coefficient (Wildman–Crippen LogP) is 2.03. The largest absolute Gasteiger partial charge is 0.496 e. The van der Waals surface area contributed by atoms with E-state index in [1.807, 2.05) is 23.1 Å². The van der Waals surface area contributed by atoms with E-state index in [1.165, 1.54) is 5.56 Å². The summed E-state index contributed by atoms with van der Waals surface area (Å²) in [5, 5.41) is 0. The maximum absolute atomic E-state index is 10.6. The first-order chi connectivity index (χ1) is 7.85. The van der Waals surface area contributed by atoms with Crippen molar-refractivity contribution in [2.75, 3.05) is 20.2 Å². The standard InChI is InChI=1S/C13H17NO2/c1-16-13-5-3-2-4-12(13)11-6-8-14(10-15)9-7-11/h2-5,10-11H,6-9H2,1H3. The molecular formula is C13H17NO2. The van der Waals surface area contributed by atoms with Crippen LogP contribution in [0.4, 0.5) is 0 Å². The smallest absolute Gasteiger partial charge is 0.209 e. The Labute approximate surface area is 96.0 Å². The maximum Gasteiger partial charge on any atom is 0.209 e. The number of benzene rings is 1. The summed E-state index contributed by atoms with van der Waals surface area (Å²) in [6, 6.07) is 8.16. The second-order valence-corrected chi connectivity index (χ2v) is 4.16. The first kappa shape index (κ1) is 11.0. The molecule has 0 unspecified atom stereocenters. The monoisotopic (exact) mass is 219 g/mol. The van der Waals surface area contributed by atoms with Gasteiger partial charge in [0, 0.05) is 13.1 Å². The Hall–Kier alpha value is -1.51. The van der Waals surface area contributed by atoms with Crippen molar-refractivity contribution in [3.05, 3.63) is 29.8 Å². The number of ether oxygens (including phenoxy) is 1. The maximum atomic E-state index is 10.6. The predicted molar refractivity (Wildman–Crippen MR) is 62.6 cm³/mol. The molecule has 0 atom stereocenters. The Kier molecular flexibility index (Phi) is 3.44. The van der Waals surface area contributed by atoms with Crippen molar-refractivity contribution in [1.82, 2.24) is 4.90 Å². The number of rotatable bonds is 3. The van der Waals surface area contributed by atoms with Crippen molar-refractivity contribution in [2.45, 2.75) is 18.8 Å². The van der Waals surface area contributed by atoms with Crippen LogP contribution in [0.25, 0.3) is 0 Å². The van der Waals surface area contributed by atoms with Gasteiger partial charge in [-0.3, -0.25) is 4.79 Å². The van der Waals surface area contributed by atoms with E-state index < -0.39 is 0 Å². The van der Waals surface area contributed by atoms with Crippen LogP contribution in [0.2, 0.25) is 0 Å². The second kappa shape index (κ2) is 5.01. The quantitative estimate of drug-likeness (QED) is 0.728. The first-order valence-corrected chi connectivity index (χ1v) is 5.67. The van der Waals surface area contributed by atoms with Gasteiger partial charge in [0.25, 0.3) is 0 Å². The highest BCUT2D eigenvalue weighted by molar-refractivity contribution is 5.47. The lowest BCUT2D eigenvalue weighted by Crippen LogP contribution is -2.31. The van der Waals surface area contributed by atoms with Crippen molar-refractivity contribution in [3.8, 4) is 5.75 Å². The molecule has 0 spiro atoms. The van der Waals surface area contributed by atoms with E-state index in [0.29, 0.717) is 5.92 Å². The summed E-state index contributed by atoms with van der Waals surface area (Å²) < 4.78 is 5.37. The molecule has 1 aliphatic rings. The lowest BCUT2D eigenvalue weighted by atomic mass is 9.89. The third kappa shape index (κ3) is 2.18. The lowest BCUT2D eigenvalue weighted by Gasteiger charge is -2.30. The SMILES string of the molecule is COc1ccccc1C1CCN(C=O)CC1. The van der Waals surface area contributed by atoms with E-state index in [0.717, 1.165) is 38.1 Å². The van der Waals surface area contributed by atoms with Gasteiger partial charge in [0.2, 0.25) is 6.41 Å². The van der Waals surface area contributed by atoms with E-state index >= 15 is 0 Å². The minimum Gasteiger partial charge on any atom is -0.496 e. The van der Waals surface area contributed by atoms with Crippen molar-refractivity contribution < 1.29 is 9.53 Å². The van der Waals surface area contributed by atoms with E-state index in [1.54, 1.807) is 7.11 Å². The highest BCUT2D eigenvalue weighted by Gasteiger charge is 2.21. The Balaban J connectivity index is 2.10. The van der Waals surface area contributed by atoms with Gasteiger partial charge in [0.15, 0.2) is 0 Å². The average molecular weight is 219 g/mol. The fourth-order valence-corrected chi connectivity index (χ4v) is 2.32. The minimum absolute atomic E-state index is 0.521. The molecular weight excluding hydrogens is 202 g/mol. The number of methoxy groups -OCH3 is 1. The molecule has 0 N–H and O–H groups in total. The lowest BCUT2D eigenvalue weighted by molar-refractivity contribution is -0.119. The number of hydrogen-bond donors (Lipinski definition) is 0. The van der Waals surface area contributed by atoms with Gasteiger partial charge < -0.3 is 9.64 Å². The third-order valence-corrected chi connectivity index (χ3v) is 3.26. The molecule has 16 heavy (non-hydrogen) atoms. The Morgan fingerprint density at radius 3 is 2.62 bits per heavy atom. The summed E-state index contributed by atoms with van der Waals surface area (Å²) >= 11 is 0. The molecule has 0 bridgehead atoms. The van der Waals surface area contributed by atoms with Crippen LogP contribution in [0.15, 0.2) is 24.3 Å². The van der Waals surface area contributed by atoms with Gasteiger partial charge in [0.1, 0.15) is 5.75 Å². The fraction of sp³-hybridized carbons (Fsp3) is 0.462. The van der Waals surface area contributed by atoms with Gasteiger partial charge in [-0.15, -0.1) is 0 Å². The molecule has 3 heteroatoms. The molecule has 0 saturated carbocycles. The zero-order chi connectivity index (χ0) is 11.4. The molecule has 1 saturated heterocycles. The summed E-state index contributed by atoms with van der Waals surface area (Å²) in [4.78, 5) is 12.5. The van der Waals surface area contributed by atoms with Gasteiger partial charge in [-0.2, -0.15) is 0 Å². The van der Waals surface area contributed by atoms with Crippen LogP contribution in [-0.2, 0) is 4.79 Å². The fourth-order valence-electron chi connectivity index (χ4n) is 2.32. The molecule has 0 aliphatic carbocycles. The summed E-state index contributed by atoms with van der Waals surface area (Å²) in [5.41, 5.74) is 1.27. The minimum atomic E-state index is 0.521. The van der Waals surface area contributed by atoms with Crippen molar-refractivity contribution >= 4 is 6.41 Å². The number of nitrogens with zero attached hydrogens (tertiary/aromatic N) is 1.